The van der Waals surface area contributed by atoms with E-state index in [1.54, 1.807) is 0 Å². The Bertz CT molecular complexity index is 788. The van der Waals surface area contributed by atoms with Crippen molar-refractivity contribution in [2.24, 2.45) is 5.92 Å². The van der Waals surface area contributed by atoms with Crippen LogP contribution in [-0.2, 0) is 4.79 Å². The van der Waals surface area contributed by atoms with Crippen LogP contribution in [0.15, 0.2) is 24.4 Å². The van der Waals surface area contributed by atoms with E-state index >= 15 is 0 Å². The average Bonchev–Trinajstić information content (AvgIpc) is 3.03. The summed E-state index contributed by atoms with van der Waals surface area (Å²) in [5.74, 6) is -0.347. The van der Waals surface area contributed by atoms with Crippen LogP contribution in [0.2, 0.25) is 0 Å². The Morgan fingerprint density at radius 1 is 1.28 bits per heavy atom. The number of carbonyl (C=O) groups is 1. The van der Waals surface area contributed by atoms with Gasteiger partial charge in [0.1, 0.15) is 6.10 Å². The molecule has 1 saturated heterocycles. The molecule has 1 aromatic heterocycles. The highest BCUT2D eigenvalue weighted by Crippen LogP contribution is 2.32. The monoisotopic (exact) mass is 341 g/mol. The summed E-state index contributed by atoms with van der Waals surface area (Å²) in [7, 11) is 0. The Balaban J connectivity index is 1.80. The Kier molecular flexibility index (Phi) is 4.95. The number of aromatic nitrogens is 1. The number of aryl methyl sites for hydroxylation is 2. The van der Waals surface area contributed by atoms with Crippen molar-refractivity contribution in [3.05, 3.63) is 35.5 Å². The topological polar surface area (TPSA) is 65.5 Å². The number of nitrogens with one attached hydrogen (secondary N) is 1. The Morgan fingerprint density at radius 2 is 2.04 bits per heavy atom. The van der Waals surface area contributed by atoms with Gasteiger partial charge in [-0.1, -0.05) is 19.9 Å². The smallest absolute Gasteiger partial charge is 0.249 e. The summed E-state index contributed by atoms with van der Waals surface area (Å²) < 4.78 is 0. The van der Waals surface area contributed by atoms with Crippen molar-refractivity contribution in [2.45, 2.75) is 46.3 Å². The first-order valence-corrected chi connectivity index (χ1v) is 8.96. The van der Waals surface area contributed by atoms with Crippen LogP contribution in [0.1, 0.15) is 31.4 Å². The number of fused-ring (bicyclic) bond motifs is 1. The molecule has 1 aliphatic heterocycles. The zero-order valence-corrected chi connectivity index (χ0v) is 15.4. The maximum absolute atomic E-state index is 12.1. The quantitative estimate of drug-likeness (QED) is 0.897. The number of hydrogen-bond acceptors (Lipinski definition) is 4. The van der Waals surface area contributed by atoms with Gasteiger partial charge in [0.05, 0.1) is 5.52 Å². The minimum Gasteiger partial charge on any atom is -0.383 e. The maximum Gasteiger partial charge on any atom is 0.249 e. The van der Waals surface area contributed by atoms with Gasteiger partial charge in [0.25, 0.3) is 0 Å². The van der Waals surface area contributed by atoms with Crippen molar-refractivity contribution < 1.29 is 9.90 Å². The largest absolute Gasteiger partial charge is 0.383 e. The summed E-state index contributed by atoms with van der Waals surface area (Å²) in [4.78, 5) is 19.0. The molecule has 134 valence electrons. The van der Waals surface area contributed by atoms with Crippen molar-refractivity contribution in [3.63, 3.8) is 0 Å². The molecule has 5 heteroatoms. The molecular weight excluding hydrogens is 314 g/mol. The van der Waals surface area contributed by atoms with Gasteiger partial charge in [-0.2, -0.15) is 0 Å². The molecule has 0 saturated carbocycles. The van der Waals surface area contributed by atoms with Crippen LogP contribution in [-0.4, -0.2) is 41.2 Å². The van der Waals surface area contributed by atoms with Gasteiger partial charge in [0.2, 0.25) is 5.91 Å². The first-order chi connectivity index (χ1) is 11.9. The van der Waals surface area contributed by atoms with Gasteiger partial charge < -0.3 is 15.3 Å². The summed E-state index contributed by atoms with van der Waals surface area (Å²) in [5, 5.41) is 14.1. The van der Waals surface area contributed by atoms with E-state index in [9.17, 15) is 9.90 Å². The van der Waals surface area contributed by atoms with Crippen LogP contribution in [0.25, 0.3) is 10.9 Å². The number of rotatable bonds is 4. The lowest BCUT2D eigenvalue weighted by atomic mass is 10.0. The fourth-order valence-electron chi connectivity index (χ4n) is 3.50. The zero-order valence-electron chi connectivity index (χ0n) is 15.4. The first-order valence-electron chi connectivity index (χ1n) is 8.96. The first kappa shape index (κ1) is 17.7. The molecule has 2 aromatic rings. The third-order valence-corrected chi connectivity index (χ3v) is 5.06. The number of hydrogen-bond donors (Lipinski definition) is 2. The number of amides is 1. The SMILES string of the molecule is Cc1ccc(N2CCC(NC(=O)[C@H](O)C(C)C)C2)c2c(C)ccnc12. The van der Waals surface area contributed by atoms with Crippen LogP contribution >= 0.6 is 0 Å². The van der Waals surface area contributed by atoms with Gasteiger partial charge >= 0.3 is 0 Å². The molecule has 1 fully saturated rings. The van der Waals surface area contributed by atoms with E-state index in [2.05, 4.69) is 41.2 Å². The van der Waals surface area contributed by atoms with Crippen molar-refractivity contribution in [1.82, 2.24) is 10.3 Å². The summed E-state index contributed by atoms with van der Waals surface area (Å²) >= 11 is 0. The van der Waals surface area contributed by atoms with Crippen LogP contribution in [0.3, 0.4) is 0 Å². The highest BCUT2D eigenvalue weighted by atomic mass is 16.3. The summed E-state index contributed by atoms with van der Waals surface area (Å²) in [6.07, 6.45) is 1.79. The molecule has 1 unspecified atom stereocenters. The normalized spacial score (nSPS) is 18.8. The molecule has 0 spiro atoms. The van der Waals surface area contributed by atoms with E-state index in [-0.39, 0.29) is 17.9 Å². The summed E-state index contributed by atoms with van der Waals surface area (Å²) in [6, 6.07) is 6.37. The minimum absolute atomic E-state index is 0.0641. The number of benzene rings is 1. The molecule has 1 amide bonds. The highest BCUT2D eigenvalue weighted by molar-refractivity contribution is 5.96. The Hall–Kier alpha value is -2.14. The Morgan fingerprint density at radius 3 is 2.76 bits per heavy atom. The van der Waals surface area contributed by atoms with E-state index in [0.717, 1.165) is 25.0 Å². The van der Waals surface area contributed by atoms with Crippen molar-refractivity contribution >= 4 is 22.5 Å². The van der Waals surface area contributed by atoms with Gasteiger partial charge in [0, 0.05) is 36.4 Å². The number of pyridine rings is 1. The lowest BCUT2D eigenvalue weighted by Gasteiger charge is -2.23. The van der Waals surface area contributed by atoms with Gasteiger partial charge in [0.15, 0.2) is 0 Å². The molecule has 2 N–H and O–H groups in total. The second-order valence-corrected chi connectivity index (χ2v) is 7.38. The third-order valence-electron chi connectivity index (χ3n) is 5.06. The second-order valence-electron chi connectivity index (χ2n) is 7.38. The predicted octanol–water partition coefficient (Wildman–Crippen LogP) is 2.56. The highest BCUT2D eigenvalue weighted by Gasteiger charge is 2.28. The molecule has 1 aliphatic rings. The van der Waals surface area contributed by atoms with E-state index in [1.807, 2.05) is 26.1 Å². The zero-order chi connectivity index (χ0) is 18.1. The molecule has 0 aliphatic carbocycles. The van der Waals surface area contributed by atoms with E-state index in [4.69, 9.17) is 0 Å². The van der Waals surface area contributed by atoms with E-state index < -0.39 is 6.10 Å². The summed E-state index contributed by atoms with van der Waals surface area (Å²) in [5.41, 5.74) is 4.60. The van der Waals surface area contributed by atoms with Crippen LogP contribution in [0.5, 0.6) is 0 Å². The van der Waals surface area contributed by atoms with Gasteiger partial charge in [-0.25, -0.2) is 0 Å². The lowest BCUT2D eigenvalue weighted by Crippen LogP contribution is -2.44. The third kappa shape index (κ3) is 3.47. The molecule has 5 nitrogen and oxygen atoms in total. The number of aliphatic hydroxyl groups excluding tert-OH is 1. The number of aliphatic hydroxyl groups is 1. The maximum atomic E-state index is 12.1. The molecule has 2 heterocycles. The average molecular weight is 341 g/mol. The molecule has 1 aromatic carbocycles. The predicted molar refractivity (Wildman–Crippen MR) is 101 cm³/mol. The number of carbonyl (C=O) groups excluding carboxylic acids is 1. The fourth-order valence-corrected chi connectivity index (χ4v) is 3.50. The van der Waals surface area contributed by atoms with Crippen LogP contribution in [0, 0.1) is 19.8 Å². The molecule has 2 atom stereocenters. The van der Waals surface area contributed by atoms with Crippen molar-refractivity contribution in [1.29, 1.82) is 0 Å². The van der Waals surface area contributed by atoms with E-state index in [1.165, 1.54) is 22.2 Å². The van der Waals surface area contributed by atoms with Crippen LogP contribution < -0.4 is 10.2 Å². The second kappa shape index (κ2) is 7.00. The molecule has 0 radical (unpaired) electrons. The minimum atomic E-state index is -0.944. The Labute approximate surface area is 149 Å². The van der Waals surface area contributed by atoms with Gasteiger partial charge in [-0.3, -0.25) is 9.78 Å². The fraction of sp³-hybridized carbons (Fsp3) is 0.500. The van der Waals surface area contributed by atoms with Gasteiger partial charge in [-0.15, -0.1) is 0 Å². The van der Waals surface area contributed by atoms with Crippen molar-refractivity contribution in [3.8, 4) is 0 Å². The lowest BCUT2D eigenvalue weighted by molar-refractivity contribution is -0.132. The van der Waals surface area contributed by atoms with Crippen LogP contribution in [0.4, 0.5) is 5.69 Å². The molecular formula is C20H27N3O2. The molecule has 3 rings (SSSR count). The number of anilines is 1. The standard InChI is InChI=1S/C20H27N3O2/c1-12(2)19(24)20(25)22-15-8-10-23(11-15)16-6-5-14(4)18-17(16)13(3)7-9-21-18/h5-7,9,12,15,19,24H,8,10-11H2,1-4H3,(H,22,25)/t15?,19-/m1/s1. The van der Waals surface area contributed by atoms with Crippen molar-refractivity contribution in [2.75, 3.05) is 18.0 Å². The molecule has 0 bridgehead atoms. The number of nitrogens with zero attached hydrogens (tertiary/aromatic N) is 2. The van der Waals surface area contributed by atoms with E-state index in [0.29, 0.717) is 0 Å². The molecule has 25 heavy (non-hydrogen) atoms. The van der Waals surface area contributed by atoms with Gasteiger partial charge in [-0.05, 0) is 49.4 Å². The summed E-state index contributed by atoms with van der Waals surface area (Å²) in [6.45, 7) is 9.53.